The second-order valence-electron chi connectivity index (χ2n) is 7.68. The van der Waals surface area contributed by atoms with Crippen molar-refractivity contribution in [3.63, 3.8) is 0 Å². The van der Waals surface area contributed by atoms with Gasteiger partial charge in [-0.05, 0) is 25.0 Å². The van der Waals surface area contributed by atoms with E-state index in [4.69, 9.17) is 10.5 Å². The summed E-state index contributed by atoms with van der Waals surface area (Å²) >= 11 is 0.867. The summed E-state index contributed by atoms with van der Waals surface area (Å²) in [6.45, 7) is -1.09. The van der Waals surface area contributed by atoms with Gasteiger partial charge in [-0.1, -0.05) is 6.07 Å². The molecule has 182 valence electrons. The Balaban J connectivity index is 1.60. The van der Waals surface area contributed by atoms with Crippen LogP contribution in [0.25, 0.3) is 10.6 Å². The average Bonchev–Trinajstić information content (AvgIpc) is 3.37. The molecule has 1 fully saturated rings. The zero-order valence-electron chi connectivity index (χ0n) is 17.6. The van der Waals surface area contributed by atoms with Crippen LogP contribution in [0.2, 0.25) is 0 Å². The van der Waals surface area contributed by atoms with E-state index in [1.165, 1.54) is 17.6 Å². The number of carbonyl (C=O) groups excluding carboxylic acids is 1. The first-order valence-electron chi connectivity index (χ1n) is 10.3. The lowest BCUT2D eigenvalue weighted by Crippen LogP contribution is -2.32. The van der Waals surface area contributed by atoms with Gasteiger partial charge in [0.15, 0.2) is 0 Å². The first kappa shape index (κ1) is 24.2. The molecule has 34 heavy (non-hydrogen) atoms. The van der Waals surface area contributed by atoms with E-state index in [-0.39, 0.29) is 47.1 Å². The number of hydrogen-bond donors (Lipinski definition) is 2. The quantitative estimate of drug-likeness (QED) is 0.491. The first-order valence-corrected chi connectivity index (χ1v) is 11.2. The van der Waals surface area contributed by atoms with Crippen LogP contribution in [0, 0.1) is 11.6 Å². The third-order valence-electron chi connectivity index (χ3n) is 5.34. The monoisotopic (exact) mass is 501 g/mol. The number of thiazole rings is 1. The van der Waals surface area contributed by atoms with E-state index in [1.807, 2.05) is 0 Å². The summed E-state index contributed by atoms with van der Waals surface area (Å²) in [5.74, 6) is -2.40. The van der Waals surface area contributed by atoms with Crippen molar-refractivity contribution in [2.75, 3.05) is 11.9 Å². The van der Waals surface area contributed by atoms with Crippen molar-refractivity contribution in [3.8, 4) is 10.6 Å². The van der Waals surface area contributed by atoms with Gasteiger partial charge in [0.1, 0.15) is 41.2 Å². The Morgan fingerprint density at radius 2 is 2.03 bits per heavy atom. The highest BCUT2D eigenvalue weighted by Gasteiger charge is 2.31. The molecule has 3 atom stereocenters. The number of halogens is 5. The lowest BCUT2D eigenvalue weighted by molar-refractivity contribution is 0.0218. The molecule has 3 heterocycles. The summed E-state index contributed by atoms with van der Waals surface area (Å²) < 4.78 is 74.8. The summed E-state index contributed by atoms with van der Waals surface area (Å²) in [7, 11) is 0. The number of alkyl halides is 3. The molecule has 0 aliphatic carbocycles. The fraction of sp³-hybridized carbons (Fsp3) is 0.381. The number of nitrogens with one attached hydrogen (secondary N) is 1. The molecule has 0 unspecified atom stereocenters. The van der Waals surface area contributed by atoms with Crippen LogP contribution in [-0.2, 0) is 11.3 Å². The molecule has 1 amide bonds. The molecule has 2 aromatic heterocycles. The van der Waals surface area contributed by atoms with E-state index in [0.29, 0.717) is 0 Å². The Labute approximate surface area is 194 Å². The van der Waals surface area contributed by atoms with Gasteiger partial charge in [0.25, 0.3) is 12.3 Å². The van der Waals surface area contributed by atoms with Crippen molar-refractivity contribution in [2.24, 2.45) is 5.73 Å². The Hall–Kier alpha value is -2.90. The topological polar surface area (TPSA) is 95.1 Å². The van der Waals surface area contributed by atoms with Crippen molar-refractivity contribution in [1.82, 2.24) is 14.8 Å². The van der Waals surface area contributed by atoms with Gasteiger partial charge in [0, 0.05) is 11.4 Å². The van der Waals surface area contributed by atoms with Gasteiger partial charge in [0.2, 0.25) is 0 Å². The SMILES string of the molecule is N[C@@H]1CC[C@@H](c2c(NC(=O)c3csc(-c4c(F)cccc4F)n3)cnn2CC(F)F)OC[C@H]1F. The molecule has 0 spiro atoms. The number of rotatable bonds is 6. The van der Waals surface area contributed by atoms with E-state index in [9.17, 15) is 26.7 Å². The number of carbonyl (C=O) groups is 1. The molecule has 0 bridgehead atoms. The predicted octanol–water partition coefficient (Wildman–Crippen LogP) is 4.32. The van der Waals surface area contributed by atoms with Gasteiger partial charge in [-0.25, -0.2) is 26.9 Å². The molecular formula is C21H20F5N5O2S. The maximum atomic E-state index is 14.1. The van der Waals surface area contributed by atoms with E-state index in [0.717, 1.165) is 28.2 Å². The van der Waals surface area contributed by atoms with Crippen molar-refractivity contribution < 1.29 is 31.5 Å². The molecule has 3 N–H and O–H groups in total. The largest absolute Gasteiger partial charge is 0.369 e. The number of amides is 1. The lowest BCUT2D eigenvalue weighted by atomic mass is 10.0. The van der Waals surface area contributed by atoms with Crippen molar-refractivity contribution in [1.29, 1.82) is 0 Å². The van der Waals surface area contributed by atoms with Crippen LogP contribution in [0.3, 0.4) is 0 Å². The molecule has 1 aliphatic heterocycles. The van der Waals surface area contributed by atoms with Crippen LogP contribution in [0.15, 0.2) is 29.8 Å². The highest BCUT2D eigenvalue weighted by molar-refractivity contribution is 7.13. The lowest BCUT2D eigenvalue weighted by Gasteiger charge is -2.19. The molecule has 4 rings (SSSR count). The van der Waals surface area contributed by atoms with Crippen molar-refractivity contribution in [3.05, 3.63) is 52.8 Å². The Morgan fingerprint density at radius 1 is 1.29 bits per heavy atom. The molecule has 1 aliphatic rings. The summed E-state index contributed by atoms with van der Waals surface area (Å²) in [6, 6.07) is 2.59. The normalized spacial score (nSPS) is 21.0. The van der Waals surface area contributed by atoms with Crippen LogP contribution >= 0.6 is 11.3 Å². The predicted molar refractivity (Wildman–Crippen MR) is 114 cm³/mol. The van der Waals surface area contributed by atoms with Crippen molar-refractivity contribution in [2.45, 2.75) is 44.1 Å². The standard InChI is InChI=1S/C21H20F5N5O2S/c22-10-2-1-3-11(23)18(10)21-30-15(9-34-21)20(32)29-14-6-28-31(7-17(25)26)19(14)16-5-4-13(27)12(24)8-33-16/h1-3,6,9,12-13,16-17H,4-5,7-8,27H2,(H,29,32)/t12-,13-,16+/m1/s1. The van der Waals surface area contributed by atoms with Gasteiger partial charge in [0.05, 0.1) is 29.7 Å². The second-order valence-corrected chi connectivity index (χ2v) is 8.54. The summed E-state index contributed by atoms with van der Waals surface area (Å²) in [5, 5.41) is 7.74. The maximum Gasteiger partial charge on any atom is 0.275 e. The van der Waals surface area contributed by atoms with Gasteiger partial charge < -0.3 is 15.8 Å². The zero-order chi connectivity index (χ0) is 24.4. The van der Waals surface area contributed by atoms with Gasteiger partial charge in [-0.3, -0.25) is 9.48 Å². The molecule has 0 radical (unpaired) electrons. The van der Waals surface area contributed by atoms with Crippen LogP contribution < -0.4 is 11.1 Å². The fourth-order valence-corrected chi connectivity index (χ4v) is 4.49. The second kappa shape index (κ2) is 10.2. The maximum absolute atomic E-state index is 14.1. The van der Waals surface area contributed by atoms with E-state index in [1.54, 1.807) is 0 Å². The molecular weight excluding hydrogens is 481 g/mol. The molecule has 1 aromatic carbocycles. The number of hydrogen-bond acceptors (Lipinski definition) is 6. The number of aromatic nitrogens is 3. The third kappa shape index (κ3) is 5.10. The van der Waals surface area contributed by atoms with Crippen LogP contribution in [-0.4, -0.2) is 45.9 Å². The Bertz CT molecular complexity index is 1140. The first-order chi connectivity index (χ1) is 16.2. The molecule has 0 saturated carbocycles. The van der Waals surface area contributed by atoms with E-state index < -0.39 is 48.8 Å². The van der Waals surface area contributed by atoms with E-state index >= 15 is 0 Å². The third-order valence-corrected chi connectivity index (χ3v) is 6.20. The number of nitrogens with two attached hydrogens (primary N) is 1. The highest BCUT2D eigenvalue weighted by atomic mass is 32.1. The van der Waals surface area contributed by atoms with Crippen LogP contribution in [0.5, 0.6) is 0 Å². The number of nitrogens with zero attached hydrogens (tertiary/aromatic N) is 3. The number of ether oxygens (including phenoxy) is 1. The zero-order valence-corrected chi connectivity index (χ0v) is 18.4. The smallest absolute Gasteiger partial charge is 0.275 e. The number of benzene rings is 1. The molecule has 3 aromatic rings. The summed E-state index contributed by atoms with van der Waals surface area (Å²) in [6.07, 6.45) is -3.33. The fourth-order valence-electron chi connectivity index (χ4n) is 3.64. The molecule has 13 heteroatoms. The minimum absolute atomic E-state index is 0.0376. The van der Waals surface area contributed by atoms with Gasteiger partial charge >= 0.3 is 0 Å². The summed E-state index contributed by atoms with van der Waals surface area (Å²) in [4.78, 5) is 16.8. The van der Waals surface area contributed by atoms with Crippen LogP contribution in [0.4, 0.5) is 27.6 Å². The average molecular weight is 501 g/mol. The van der Waals surface area contributed by atoms with Crippen LogP contribution in [0.1, 0.15) is 35.1 Å². The van der Waals surface area contributed by atoms with Gasteiger partial charge in [-0.2, -0.15) is 5.10 Å². The number of anilines is 1. The summed E-state index contributed by atoms with van der Waals surface area (Å²) in [5.41, 5.74) is 5.48. The minimum atomic E-state index is -2.74. The van der Waals surface area contributed by atoms with E-state index in [2.05, 4.69) is 15.4 Å². The molecule has 1 saturated heterocycles. The van der Waals surface area contributed by atoms with Gasteiger partial charge in [-0.15, -0.1) is 11.3 Å². The minimum Gasteiger partial charge on any atom is -0.369 e. The Kier molecular flexibility index (Phi) is 7.24. The Morgan fingerprint density at radius 3 is 2.74 bits per heavy atom. The molecule has 7 nitrogen and oxygen atoms in total. The van der Waals surface area contributed by atoms with Crippen molar-refractivity contribution >= 4 is 22.9 Å². The highest BCUT2D eigenvalue weighted by Crippen LogP contribution is 2.34.